The SMILES string of the molecule is Cc1nc(SCC(=O)N(C)C2CCCCC2)c(C#N)c(C)c1C. The Hall–Kier alpha value is -1.54. The minimum absolute atomic E-state index is 0.128. The average molecular weight is 331 g/mol. The van der Waals surface area contributed by atoms with Crippen LogP contribution in [0.4, 0.5) is 0 Å². The Balaban J connectivity index is 2.06. The van der Waals surface area contributed by atoms with Crippen LogP contribution < -0.4 is 0 Å². The molecule has 1 saturated carbocycles. The van der Waals surface area contributed by atoms with Crippen LogP contribution in [0.2, 0.25) is 0 Å². The van der Waals surface area contributed by atoms with Crippen LogP contribution >= 0.6 is 11.8 Å². The number of amides is 1. The van der Waals surface area contributed by atoms with Gasteiger partial charge < -0.3 is 4.90 Å². The molecule has 0 atom stereocenters. The van der Waals surface area contributed by atoms with Crippen LogP contribution in [0.1, 0.15) is 54.5 Å². The minimum atomic E-state index is 0.128. The Bertz CT molecular complexity index is 630. The number of aryl methyl sites for hydroxylation is 1. The Kier molecular flexibility index (Phi) is 6.06. The van der Waals surface area contributed by atoms with E-state index in [4.69, 9.17) is 0 Å². The molecule has 0 saturated heterocycles. The van der Waals surface area contributed by atoms with Crippen molar-refractivity contribution in [2.24, 2.45) is 0 Å². The van der Waals surface area contributed by atoms with Crippen molar-refractivity contribution in [3.8, 4) is 6.07 Å². The van der Waals surface area contributed by atoms with E-state index in [1.165, 1.54) is 31.0 Å². The average Bonchev–Trinajstić information content (AvgIpc) is 2.57. The predicted octanol–water partition coefficient (Wildman–Crippen LogP) is 3.76. The number of pyridine rings is 1. The first-order chi connectivity index (χ1) is 11.0. The molecule has 0 aliphatic heterocycles. The molecule has 0 aromatic carbocycles. The lowest BCUT2D eigenvalue weighted by Crippen LogP contribution is -2.39. The van der Waals surface area contributed by atoms with Gasteiger partial charge in [-0.25, -0.2) is 4.98 Å². The van der Waals surface area contributed by atoms with Crippen LogP contribution in [0, 0.1) is 32.1 Å². The fraction of sp³-hybridized carbons (Fsp3) is 0.611. The number of nitrogens with zero attached hydrogens (tertiary/aromatic N) is 3. The molecule has 1 amide bonds. The number of nitriles is 1. The summed E-state index contributed by atoms with van der Waals surface area (Å²) in [5, 5.41) is 10.1. The van der Waals surface area contributed by atoms with Crippen molar-refractivity contribution in [2.75, 3.05) is 12.8 Å². The number of carbonyl (C=O) groups excluding carboxylic acids is 1. The van der Waals surface area contributed by atoms with Gasteiger partial charge in [-0.2, -0.15) is 5.26 Å². The summed E-state index contributed by atoms with van der Waals surface area (Å²) in [6, 6.07) is 2.62. The molecule has 1 aliphatic carbocycles. The Labute approximate surface area is 143 Å². The van der Waals surface area contributed by atoms with E-state index in [0.717, 1.165) is 29.7 Å². The number of thioether (sulfide) groups is 1. The van der Waals surface area contributed by atoms with Crippen molar-refractivity contribution in [3.05, 3.63) is 22.4 Å². The summed E-state index contributed by atoms with van der Waals surface area (Å²) >= 11 is 1.38. The summed E-state index contributed by atoms with van der Waals surface area (Å²) in [5.74, 6) is 0.472. The molecule has 5 heteroatoms. The molecule has 0 unspecified atom stereocenters. The summed E-state index contributed by atoms with van der Waals surface area (Å²) in [6.45, 7) is 5.88. The molecule has 1 fully saturated rings. The van der Waals surface area contributed by atoms with E-state index in [1.54, 1.807) is 0 Å². The Morgan fingerprint density at radius 3 is 2.52 bits per heavy atom. The number of aromatic nitrogens is 1. The van der Waals surface area contributed by atoms with Crippen LogP contribution in [-0.2, 0) is 4.79 Å². The first kappa shape index (κ1) is 17.8. The van der Waals surface area contributed by atoms with Crippen molar-refractivity contribution in [1.82, 2.24) is 9.88 Å². The summed E-state index contributed by atoms with van der Waals surface area (Å²) in [4.78, 5) is 18.9. The standard InChI is InChI=1S/C18H25N3OS/c1-12-13(2)16(10-19)18(20-14(12)3)23-11-17(22)21(4)15-8-6-5-7-9-15/h15H,5-9,11H2,1-4H3. The van der Waals surface area contributed by atoms with Crippen molar-refractivity contribution in [1.29, 1.82) is 5.26 Å². The number of hydrogen-bond acceptors (Lipinski definition) is 4. The number of rotatable bonds is 4. The van der Waals surface area contributed by atoms with Crippen LogP contribution in [0.5, 0.6) is 0 Å². The van der Waals surface area contributed by atoms with Gasteiger partial charge in [0.15, 0.2) is 0 Å². The van der Waals surface area contributed by atoms with Gasteiger partial charge >= 0.3 is 0 Å². The molecule has 1 aromatic rings. The van der Waals surface area contributed by atoms with E-state index in [2.05, 4.69) is 11.1 Å². The fourth-order valence-electron chi connectivity index (χ4n) is 3.05. The molecule has 1 heterocycles. The van der Waals surface area contributed by atoms with Crippen LogP contribution in [0.15, 0.2) is 5.03 Å². The molecule has 23 heavy (non-hydrogen) atoms. The van der Waals surface area contributed by atoms with Gasteiger partial charge in [-0.3, -0.25) is 4.79 Å². The van der Waals surface area contributed by atoms with Crippen molar-refractivity contribution < 1.29 is 4.79 Å². The quantitative estimate of drug-likeness (QED) is 0.788. The van der Waals surface area contributed by atoms with Crippen LogP contribution in [0.25, 0.3) is 0 Å². The number of hydrogen-bond donors (Lipinski definition) is 0. The van der Waals surface area contributed by atoms with Crippen molar-refractivity contribution >= 4 is 17.7 Å². The van der Waals surface area contributed by atoms with E-state index in [0.29, 0.717) is 22.4 Å². The molecule has 0 N–H and O–H groups in total. The van der Waals surface area contributed by atoms with Gasteiger partial charge in [-0.15, -0.1) is 0 Å². The molecule has 0 bridgehead atoms. The third kappa shape index (κ3) is 4.06. The number of carbonyl (C=O) groups is 1. The molecule has 0 spiro atoms. The van der Waals surface area contributed by atoms with E-state index in [-0.39, 0.29) is 5.91 Å². The normalized spacial score (nSPS) is 15.3. The zero-order valence-corrected chi connectivity index (χ0v) is 15.3. The van der Waals surface area contributed by atoms with Gasteiger partial charge in [-0.05, 0) is 44.7 Å². The smallest absolute Gasteiger partial charge is 0.232 e. The van der Waals surface area contributed by atoms with E-state index in [9.17, 15) is 10.1 Å². The second-order valence-electron chi connectivity index (χ2n) is 6.32. The molecule has 2 rings (SSSR count). The third-order valence-electron chi connectivity index (χ3n) is 4.92. The topological polar surface area (TPSA) is 57.0 Å². The summed E-state index contributed by atoms with van der Waals surface area (Å²) in [6.07, 6.45) is 5.93. The first-order valence-electron chi connectivity index (χ1n) is 8.22. The van der Waals surface area contributed by atoms with E-state index in [1.807, 2.05) is 32.7 Å². The Morgan fingerprint density at radius 1 is 1.26 bits per heavy atom. The zero-order valence-electron chi connectivity index (χ0n) is 14.5. The van der Waals surface area contributed by atoms with Crippen molar-refractivity contribution in [2.45, 2.75) is 63.9 Å². The molecule has 4 nitrogen and oxygen atoms in total. The maximum atomic E-state index is 12.4. The highest BCUT2D eigenvalue weighted by molar-refractivity contribution is 8.00. The molecule has 124 valence electrons. The zero-order chi connectivity index (χ0) is 17.0. The van der Waals surface area contributed by atoms with Gasteiger partial charge in [0.25, 0.3) is 0 Å². The highest BCUT2D eigenvalue weighted by Crippen LogP contribution is 2.27. The fourth-order valence-corrected chi connectivity index (χ4v) is 4.06. The van der Waals surface area contributed by atoms with Gasteiger partial charge in [0.2, 0.25) is 5.91 Å². The minimum Gasteiger partial charge on any atom is -0.342 e. The van der Waals surface area contributed by atoms with Gasteiger partial charge in [0.05, 0.1) is 11.3 Å². The highest BCUT2D eigenvalue weighted by atomic mass is 32.2. The highest BCUT2D eigenvalue weighted by Gasteiger charge is 2.22. The maximum Gasteiger partial charge on any atom is 0.232 e. The van der Waals surface area contributed by atoms with E-state index < -0.39 is 0 Å². The molecule has 1 aliphatic rings. The predicted molar refractivity (Wildman–Crippen MR) is 93.5 cm³/mol. The lowest BCUT2D eigenvalue weighted by Gasteiger charge is -2.31. The largest absolute Gasteiger partial charge is 0.342 e. The van der Waals surface area contributed by atoms with Crippen molar-refractivity contribution in [3.63, 3.8) is 0 Å². The second-order valence-corrected chi connectivity index (χ2v) is 7.29. The van der Waals surface area contributed by atoms with Crippen LogP contribution in [0.3, 0.4) is 0 Å². The van der Waals surface area contributed by atoms with Crippen LogP contribution in [-0.4, -0.2) is 34.6 Å². The van der Waals surface area contributed by atoms with Gasteiger partial charge in [-0.1, -0.05) is 31.0 Å². The molecular formula is C18H25N3OS. The lowest BCUT2D eigenvalue weighted by molar-refractivity contribution is -0.129. The monoisotopic (exact) mass is 331 g/mol. The maximum absolute atomic E-state index is 12.4. The Morgan fingerprint density at radius 2 is 1.91 bits per heavy atom. The summed E-state index contributed by atoms with van der Waals surface area (Å²) in [7, 11) is 1.91. The first-order valence-corrected chi connectivity index (χ1v) is 9.20. The molecule has 0 radical (unpaired) electrons. The van der Waals surface area contributed by atoms with Gasteiger partial charge in [0, 0.05) is 18.8 Å². The summed E-state index contributed by atoms with van der Waals surface area (Å²) < 4.78 is 0. The second kappa shape index (κ2) is 7.83. The molecule has 1 aromatic heterocycles. The third-order valence-corrected chi connectivity index (χ3v) is 5.88. The van der Waals surface area contributed by atoms with E-state index >= 15 is 0 Å². The lowest BCUT2D eigenvalue weighted by atomic mass is 9.94. The van der Waals surface area contributed by atoms with Gasteiger partial charge in [0.1, 0.15) is 11.1 Å². The summed E-state index contributed by atoms with van der Waals surface area (Å²) in [5.41, 5.74) is 3.55. The molecular weight excluding hydrogens is 306 g/mol.